The van der Waals surface area contributed by atoms with Crippen molar-refractivity contribution in [3.8, 4) is 0 Å². The highest BCUT2D eigenvalue weighted by Crippen LogP contribution is 2.36. The molecule has 0 bridgehead atoms. The fourth-order valence-electron chi connectivity index (χ4n) is 1.74. The number of imidazole rings is 1. The minimum atomic E-state index is -4.41. The first-order valence-corrected chi connectivity index (χ1v) is 4.70. The van der Waals surface area contributed by atoms with E-state index >= 15 is 0 Å². The zero-order valence-electron chi connectivity index (χ0n) is 8.47. The van der Waals surface area contributed by atoms with E-state index in [0.29, 0.717) is 5.52 Å². The van der Waals surface area contributed by atoms with Crippen LogP contribution in [0.15, 0.2) is 18.5 Å². The van der Waals surface area contributed by atoms with Crippen molar-refractivity contribution >= 4 is 11.0 Å². The number of nitrogens with zero attached hydrogens (tertiary/aromatic N) is 1. The van der Waals surface area contributed by atoms with Gasteiger partial charge in [0.05, 0.1) is 22.9 Å². The summed E-state index contributed by atoms with van der Waals surface area (Å²) in [6, 6.07) is 1.67. The number of aromatic amines is 1. The van der Waals surface area contributed by atoms with Crippen molar-refractivity contribution in [1.29, 1.82) is 0 Å². The van der Waals surface area contributed by atoms with Gasteiger partial charge < -0.3 is 10.7 Å². The number of hydrogen-bond acceptors (Lipinski definition) is 2. The molecule has 86 valence electrons. The molecule has 3 N–H and O–H groups in total. The number of nitrogens with two attached hydrogens (primary N) is 1. The summed E-state index contributed by atoms with van der Waals surface area (Å²) >= 11 is 0. The Bertz CT molecular complexity index is 513. The predicted molar refractivity (Wildman–Crippen MR) is 53.7 cm³/mol. The number of hydrogen-bond donors (Lipinski definition) is 2. The smallest absolute Gasteiger partial charge is 0.345 e. The van der Waals surface area contributed by atoms with Crippen LogP contribution in [-0.2, 0) is 6.18 Å². The van der Waals surface area contributed by atoms with Crippen LogP contribution in [0.5, 0.6) is 0 Å². The average molecular weight is 229 g/mol. The summed E-state index contributed by atoms with van der Waals surface area (Å²) in [5.41, 5.74) is 5.73. The van der Waals surface area contributed by atoms with E-state index in [0.717, 1.165) is 6.07 Å². The molecule has 2 aromatic rings. The first-order valence-electron chi connectivity index (χ1n) is 4.70. The summed E-state index contributed by atoms with van der Waals surface area (Å²) in [5.74, 6) is 0. The first-order chi connectivity index (χ1) is 7.41. The number of aromatic nitrogens is 2. The van der Waals surface area contributed by atoms with Gasteiger partial charge in [-0.15, -0.1) is 0 Å². The van der Waals surface area contributed by atoms with Gasteiger partial charge >= 0.3 is 6.18 Å². The van der Waals surface area contributed by atoms with Crippen LogP contribution in [-0.4, -0.2) is 9.97 Å². The minimum absolute atomic E-state index is 0.0336. The molecule has 1 atom stereocenters. The van der Waals surface area contributed by atoms with Crippen LogP contribution in [0.4, 0.5) is 13.2 Å². The van der Waals surface area contributed by atoms with Crippen molar-refractivity contribution in [2.24, 2.45) is 5.73 Å². The fourth-order valence-corrected chi connectivity index (χ4v) is 1.74. The Morgan fingerprint density at radius 2 is 2.06 bits per heavy atom. The molecule has 0 saturated carbocycles. The second kappa shape index (κ2) is 3.48. The van der Waals surface area contributed by atoms with Crippen molar-refractivity contribution in [3.63, 3.8) is 0 Å². The van der Waals surface area contributed by atoms with Crippen LogP contribution in [0.3, 0.4) is 0 Å². The molecular formula is C10H10F3N3. The Kier molecular flexibility index (Phi) is 2.38. The molecule has 1 unspecified atom stereocenters. The number of nitrogens with one attached hydrogen (secondary N) is 1. The lowest BCUT2D eigenvalue weighted by Crippen LogP contribution is -2.15. The minimum Gasteiger partial charge on any atom is -0.345 e. The van der Waals surface area contributed by atoms with Crippen LogP contribution in [0.25, 0.3) is 11.0 Å². The van der Waals surface area contributed by atoms with Gasteiger partial charge in [-0.1, -0.05) is 0 Å². The Morgan fingerprint density at radius 3 is 2.62 bits per heavy atom. The maximum absolute atomic E-state index is 12.7. The van der Waals surface area contributed by atoms with Crippen LogP contribution < -0.4 is 5.73 Å². The Balaban J connectivity index is 2.79. The van der Waals surface area contributed by atoms with Gasteiger partial charge in [0.25, 0.3) is 0 Å². The van der Waals surface area contributed by atoms with E-state index in [1.54, 1.807) is 0 Å². The van der Waals surface area contributed by atoms with E-state index in [2.05, 4.69) is 9.97 Å². The third kappa shape index (κ3) is 1.65. The van der Waals surface area contributed by atoms with Gasteiger partial charge in [-0.2, -0.15) is 13.2 Å². The third-order valence-corrected chi connectivity index (χ3v) is 2.39. The number of halogens is 3. The van der Waals surface area contributed by atoms with E-state index in [4.69, 9.17) is 5.73 Å². The second-order valence-electron chi connectivity index (χ2n) is 3.61. The molecule has 0 saturated heterocycles. The summed E-state index contributed by atoms with van der Waals surface area (Å²) in [5, 5.41) is 0. The normalized spacial score (nSPS) is 14.3. The van der Waals surface area contributed by atoms with Crippen molar-refractivity contribution in [1.82, 2.24) is 9.97 Å². The van der Waals surface area contributed by atoms with Gasteiger partial charge in [-0.25, -0.2) is 4.98 Å². The topological polar surface area (TPSA) is 54.7 Å². The zero-order chi connectivity index (χ0) is 11.9. The van der Waals surface area contributed by atoms with Crippen molar-refractivity contribution in [2.75, 3.05) is 0 Å². The van der Waals surface area contributed by atoms with E-state index in [9.17, 15) is 13.2 Å². The van der Waals surface area contributed by atoms with Crippen molar-refractivity contribution < 1.29 is 13.2 Å². The van der Waals surface area contributed by atoms with Gasteiger partial charge in [-0.3, -0.25) is 0 Å². The standard InChI is InChI=1S/C10H10F3N3/c1-5(14)8-6(10(11,12)13)2-3-7-9(8)16-4-15-7/h2-5H,14H2,1H3,(H,15,16). The van der Waals surface area contributed by atoms with E-state index < -0.39 is 17.8 Å². The van der Waals surface area contributed by atoms with Gasteiger partial charge in [-0.05, 0) is 19.1 Å². The quantitative estimate of drug-likeness (QED) is 0.789. The highest BCUT2D eigenvalue weighted by atomic mass is 19.4. The molecule has 0 aliphatic heterocycles. The highest BCUT2D eigenvalue weighted by Gasteiger charge is 2.35. The summed E-state index contributed by atoms with van der Waals surface area (Å²) < 4.78 is 38.2. The van der Waals surface area contributed by atoms with E-state index in [1.165, 1.54) is 19.3 Å². The number of fused-ring (bicyclic) bond motifs is 1. The molecule has 0 spiro atoms. The molecule has 0 radical (unpaired) electrons. The predicted octanol–water partition coefficient (Wildman–Crippen LogP) is 2.60. The van der Waals surface area contributed by atoms with Crippen molar-refractivity contribution in [3.05, 3.63) is 29.6 Å². The monoisotopic (exact) mass is 229 g/mol. The van der Waals surface area contributed by atoms with Gasteiger partial charge in [0.15, 0.2) is 0 Å². The Labute approximate surface area is 89.5 Å². The molecule has 0 aliphatic rings. The summed E-state index contributed by atoms with van der Waals surface area (Å²) in [4.78, 5) is 6.64. The number of rotatable bonds is 1. The molecule has 16 heavy (non-hydrogen) atoms. The van der Waals surface area contributed by atoms with Gasteiger partial charge in [0.2, 0.25) is 0 Å². The highest BCUT2D eigenvalue weighted by molar-refractivity contribution is 5.80. The maximum Gasteiger partial charge on any atom is 0.416 e. The van der Waals surface area contributed by atoms with Gasteiger partial charge in [0, 0.05) is 11.6 Å². The Morgan fingerprint density at radius 1 is 1.38 bits per heavy atom. The molecule has 0 amide bonds. The van der Waals surface area contributed by atoms with Crippen LogP contribution >= 0.6 is 0 Å². The number of H-pyrrole nitrogens is 1. The largest absolute Gasteiger partial charge is 0.416 e. The van der Waals surface area contributed by atoms with Gasteiger partial charge in [0.1, 0.15) is 0 Å². The summed E-state index contributed by atoms with van der Waals surface area (Å²) in [7, 11) is 0. The fraction of sp³-hybridized carbons (Fsp3) is 0.300. The van der Waals surface area contributed by atoms with Crippen LogP contribution in [0.1, 0.15) is 24.1 Å². The molecule has 1 aromatic carbocycles. The van der Waals surface area contributed by atoms with E-state index in [1.807, 2.05) is 0 Å². The molecule has 1 aromatic heterocycles. The summed E-state index contributed by atoms with van der Waals surface area (Å²) in [6.07, 6.45) is -3.05. The lowest BCUT2D eigenvalue weighted by molar-refractivity contribution is -0.138. The molecule has 6 heteroatoms. The number of benzene rings is 1. The molecule has 1 heterocycles. The zero-order valence-corrected chi connectivity index (χ0v) is 8.47. The van der Waals surface area contributed by atoms with Crippen molar-refractivity contribution in [2.45, 2.75) is 19.1 Å². The molecule has 3 nitrogen and oxygen atoms in total. The Hall–Kier alpha value is -1.56. The lowest BCUT2D eigenvalue weighted by Gasteiger charge is -2.15. The number of alkyl halides is 3. The second-order valence-corrected chi connectivity index (χ2v) is 3.61. The van der Waals surface area contributed by atoms with Crippen LogP contribution in [0.2, 0.25) is 0 Å². The van der Waals surface area contributed by atoms with E-state index in [-0.39, 0.29) is 11.1 Å². The van der Waals surface area contributed by atoms with Crippen LogP contribution in [0, 0.1) is 0 Å². The molecule has 0 aliphatic carbocycles. The third-order valence-electron chi connectivity index (χ3n) is 2.39. The maximum atomic E-state index is 12.7. The summed E-state index contributed by atoms with van der Waals surface area (Å²) in [6.45, 7) is 1.51. The molecular weight excluding hydrogens is 219 g/mol. The molecule has 0 fully saturated rings. The lowest BCUT2D eigenvalue weighted by atomic mass is 10.00. The SMILES string of the molecule is CC(N)c1c(C(F)(F)F)ccc2[nH]cnc12. The average Bonchev–Trinajstić information content (AvgIpc) is 2.61. The first kappa shape index (κ1) is 10.9. The molecule has 2 rings (SSSR count).